The molecule has 104 valence electrons. The Balaban J connectivity index is 2.06. The molecule has 0 bridgehead atoms. The summed E-state index contributed by atoms with van der Waals surface area (Å²) in [5.41, 5.74) is 6.55. The molecule has 0 fully saturated rings. The molecule has 0 unspecified atom stereocenters. The molecular formula is C14H14N2O3S. The van der Waals surface area contributed by atoms with Gasteiger partial charge in [0.1, 0.15) is 5.75 Å². The number of carbonyl (C=O) groups excluding carboxylic acids is 2. The first-order valence-electron chi connectivity index (χ1n) is 5.93. The van der Waals surface area contributed by atoms with Crippen LogP contribution in [0.1, 0.15) is 15.2 Å². The van der Waals surface area contributed by atoms with Crippen molar-refractivity contribution in [3.05, 3.63) is 46.2 Å². The van der Waals surface area contributed by atoms with Gasteiger partial charge in [-0.2, -0.15) is 0 Å². The van der Waals surface area contributed by atoms with Crippen molar-refractivity contribution in [2.45, 2.75) is 6.92 Å². The maximum absolute atomic E-state index is 12.1. The van der Waals surface area contributed by atoms with Gasteiger partial charge in [-0.1, -0.05) is 6.07 Å². The highest BCUT2D eigenvalue weighted by atomic mass is 32.1. The van der Waals surface area contributed by atoms with Crippen molar-refractivity contribution in [1.82, 2.24) is 0 Å². The molecule has 20 heavy (non-hydrogen) atoms. The second-order valence-corrected chi connectivity index (χ2v) is 5.09. The number of aryl methyl sites for hydroxylation is 1. The Kier molecular flexibility index (Phi) is 4.37. The standard InChI is InChI=1S/C14H14N2O3S/c1-9-5-6-20-13(9)14(18)16-10-3-2-4-11(7-10)19-8-12(15)17/h2-7H,8H2,1H3,(H2,15,17)(H,16,18). The SMILES string of the molecule is Cc1ccsc1C(=O)Nc1cccc(OCC(N)=O)c1. The van der Waals surface area contributed by atoms with E-state index in [0.29, 0.717) is 16.3 Å². The number of hydrogen-bond donors (Lipinski definition) is 2. The molecule has 0 aliphatic heterocycles. The molecule has 0 aliphatic rings. The number of primary amides is 1. The minimum Gasteiger partial charge on any atom is -0.484 e. The molecule has 0 saturated carbocycles. The van der Waals surface area contributed by atoms with Crippen molar-refractivity contribution >= 4 is 28.8 Å². The van der Waals surface area contributed by atoms with Gasteiger partial charge >= 0.3 is 0 Å². The zero-order valence-corrected chi connectivity index (χ0v) is 11.7. The number of nitrogens with one attached hydrogen (secondary N) is 1. The molecule has 2 aromatic rings. The molecule has 5 nitrogen and oxygen atoms in total. The molecule has 0 radical (unpaired) electrons. The van der Waals surface area contributed by atoms with Crippen LogP contribution >= 0.6 is 11.3 Å². The van der Waals surface area contributed by atoms with Crippen LogP contribution in [0.5, 0.6) is 5.75 Å². The molecule has 0 spiro atoms. The van der Waals surface area contributed by atoms with Gasteiger partial charge in [0.15, 0.2) is 6.61 Å². The normalized spacial score (nSPS) is 10.1. The van der Waals surface area contributed by atoms with E-state index >= 15 is 0 Å². The van der Waals surface area contributed by atoms with Gasteiger partial charge in [0.25, 0.3) is 11.8 Å². The van der Waals surface area contributed by atoms with Gasteiger partial charge in [0.05, 0.1) is 4.88 Å². The molecule has 2 amide bonds. The quantitative estimate of drug-likeness (QED) is 0.885. The van der Waals surface area contributed by atoms with Crippen LogP contribution in [0.3, 0.4) is 0 Å². The van der Waals surface area contributed by atoms with Crippen LogP contribution in [-0.4, -0.2) is 18.4 Å². The third kappa shape index (κ3) is 3.58. The first kappa shape index (κ1) is 14.1. The average Bonchev–Trinajstić information content (AvgIpc) is 2.83. The second-order valence-electron chi connectivity index (χ2n) is 4.17. The Hall–Kier alpha value is -2.34. The number of nitrogens with two attached hydrogens (primary N) is 1. The fourth-order valence-corrected chi connectivity index (χ4v) is 2.43. The Bertz CT molecular complexity index is 637. The summed E-state index contributed by atoms with van der Waals surface area (Å²) < 4.78 is 5.18. The molecule has 0 saturated heterocycles. The van der Waals surface area contributed by atoms with Gasteiger partial charge < -0.3 is 15.8 Å². The second kappa shape index (κ2) is 6.21. The van der Waals surface area contributed by atoms with Crippen LogP contribution in [0.25, 0.3) is 0 Å². The summed E-state index contributed by atoms with van der Waals surface area (Å²) in [6.07, 6.45) is 0. The van der Waals surface area contributed by atoms with Gasteiger partial charge in [-0.15, -0.1) is 11.3 Å². The van der Waals surface area contributed by atoms with Crippen molar-refractivity contribution in [2.75, 3.05) is 11.9 Å². The summed E-state index contributed by atoms with van der Waals surface area (Å²) in [7, 11) is 0. The predicted molar refractivity (Wildman–Crippen MR) is 78.1 cm³/mol. The van der Waals surface area contributed by atoms with E-state index in [4.69, 9.17) is 10.5 Å². The highest BCUT2D eigenvalue weighted by molar-refractivity contribution is 7.12. The molecule has 0 atom stereocenters. The fraction of sp³-hybridized carbons (Fsp3) is 0.143. The predicted octanol–water partition coefficient (Wildman–Crippen LogP) is 2.17. The molecule has 1 aromatic heterocycles. The zero-order chi connectivity index (χ0) is 14.5. The number of rotatable bonds is 5. The highest BCUT2D eigenvalue weighted by Gasteiger charge is 2.10. The van der Waals surface area contributed by atoms with E-state index in [1.54, 1.807) is 24.3 Å². The zero-order valence-electron chi connectivity index (χ0n) is 10.9. The van der Waals surface area contributed by atoms with Crippen LogP contribution in [0.4, 0.5) is 5.69 Å². The number of ether oxygens (including phenoxy) is 1. The fourth-order valence-electron chi connectivity index (χ4n) is 1.61. The third-order valence-electron chi connectivity index (χ3n) is 2.54. The number of thiophene rings is 1. The van der Waals surface area contributed by atoms with E-state index < -0.39 is 5.91 Å². The number of benzene rings is 1. The van der Waals surface area contributed by atoms with Crippen LogP contribution < -0.4 is 15.8 Å². The maximum Gasteiger partial charge on any atom is 0.265 e. The van der Waals surface area contributed by atoms with Gasteiger partial charge in [-0.05, 0) is 36.1 Å². The third-order valence-corrected chi connectivity index (χ3v) is 3.56. The number of anilines is 1. The van der Waals surface area contributed by atoms with E-state index in [9.17, 15) is 9.59 Å². The lowest BCUT2D eigenvalue weighted by Gasteiger charge is -2.08. The lowest BCUT2D eigenvalue weighted by molar-refractivity contribution is -0.119. The summed E-state index contributed by atoms with van der Waals surface area (Å²) in [4.78, 5) is 23.4. The summed E-state index contributed by atoms with van der Waals surface area (Å²) in [5, 5.41) is 4.66. The Labute approximate surface area is 120 Å². The largest absolute Gasteiger partial charge is 0.484 e. The number of hydrogen-bond acceptors (Lipinski definition) is 4. The molecule has 1 aromatic carbocycles. The highest BCUT2D eigenvalue weighted by Crippen LogP contribution is 2.20. The Morgan fingerprint density at radius 2 is 2.15 bits per heavy atom. The summed E-state index contributed by atoms with van der Waals surface area (Å²) in [6.45, 7) is 1.69. The summed E-state index contributed by atoms with van der Waals surface area (Å²) in [6, 6.07) is 8.70. The van der Waals surface area contributed by atoms with E-state index in [0.717, 1.165) is 5.56 Å². The van der Waals surface area contributed by atoms with Gasteiger partial charge in [0.2, 0.25) is 0 Å². The van der Waals surface area contributed by atoms with Crippen molar-refractivity contribution < 1.29 is 14.3 Å². The van der Waals surface area contributed by atoms with Gasteiger partial charge in [-0.25, -0.2) is 0 Å². The van der Waals surface area contributed by atoms with E-state index in [1.807, 2.05) is 18.4 Å². The summed E-state index contributed by atoms with van der Waals surface area (Å²) >= 11 is 1.39. The first-order valence-corrected chi connectivity index (χ1v) is 6.81. The first-order chi connectivity index (χ1) is 9.56. The van der Waals surface area contributed by atoms with Crippen molar-refractivity contribution in [3.8, 4) is 5.75 Å². The topological polar surface area (TPSA) is 81.4 Å². The average molecular weight is 290 g/mol. The monoisotopic (exact) mass is 290 g/mol. The Morgan fingerprint density at radius 3 is 2.80 bits per heavy atom. The minimum absolute atomic E-state index is 0.162. The minimum atomic E-state index is -0.548. The van der Waals surface area contributed by atoms with Crippen molar-refractivity contribution in [3.63, 3.8) is 0 Å². The maximum atomic E-state index is 12.1. The molecule has 1 heterocycles. The van der Waals surface area contributed by atoms with Crippen molar-refractivity contribution in [2.24, 2.45) is 5.73 Å². The molecule has 0 aliphatic carbocycles. The van der Waals surface area contributed by atoms with Crippen molar-refractivity contribution in [1.29, 1.82) is 0 Å². The van der Waals surface area contributed by atoms with Crippen LogP contribution in [0, 0.1) is 6.92 Å². The molecule has 3 N–H and O–H groups in total. The number of amides is 2. The van der Waals surface area contributed by atoms with E-state index in [2.05, 4.69) is 5.32 Å². The number of carbonyl (C=O) groups is 2. The van der Waals surface area contributed by atoms with Crippen LogP contribution in [-0.2, 0) is 4.79 Å². The lowest BCUT2D eigenvalue weighted by Crippen LogP contribution is -2.20. The van der Waals surface area contributed by atoms with Gasteiger partial charge in [0, 0.05) is 11.8 Å². The smallest absolute Gasteiger partial charge is 0.265 e. The van der Waals surface area contributed by atoms with E-state index in [1.165, 1.54) is 11.3 Å². The molecular weight excluding hydrogens is 276 g/mol. The Morgan fingerprint density at radius 1 is 1.35 bits per heavy atom. The van der Waals surface area contributed by atoms with Crippen LogP contribution in [0.15, 0.2) is 35.7 Å². The lowest BCUT2D eigenvalue weighted by atomic mass is 10.2. The van der Waals surface area contributed by atoms with Gasteiger partial charge in [-0.3, -0.25) is 9.59 Å². The molecule has 6 heteroatoms. The van der Waals surface area contributed by atoms with Crippen LogP contribution in [0.2, 0.25) is 0 Å². The summed E-state index contributed by atoms with van der Waals surface area (Å²) in [5.74, 6) is -0.234. The van der Waals surface area contributed by atoms with E-state index in [-0.39, 0.29) is 12.5 Å². The molecule has 2 rings (SSSR count).